The molecule has 4 rings (SSSR count). The van der Waals surface area contributed by atoms with Crippen molar-refractivity contribution in [3.63, 3.8) is 0 Å². The van der Waals surface area contributed by atoms with Gasteiger partial charge in [0.2, 0.25) is 0 Å². The highest BCUT2D eigenvalue weighted by atomic mass is 19.1. The summed E-state index contributed by atoms with van der Waals surface area (Å²) < 4.78 is 20.5. The van der Waals surface area contributed by atoms with Crippen molar-refractivity contribution in [2.45, 2.75) is 51.1 Å². The van der Waals surface area contributed by atoms with Gasteiger partial charge in [-0.05, 0) is 37.5 Å². The summed E-state index contributed by atoms with van der Waals surface area (Å²) in [7, 11) is 0. The number of para-hydroxylation sites is 1. The summed E-state index contributed by atoms with van der Waals surface area (Å²) in [6.45, 7) is 2.64. The molecular weight excluding hydrogens is 423 g/mol. The van der Waals surface area contributed by atoms with Gasteiger partial charge < -0.3 is 26.8 Å². The Bertz CT molecular complexity index is 1160. The number of halogens is 1. The van der Waals surface area contributed by atoms with E-state index >= 15 is 0 Å². The molecule has 0 unspecified atom stereocenters. The van der Waals surface area contributed by atoms with E-state index in [1.54, 1.807) is 6.20 Å². The number of anilines is 3. The molecule has 1 saturated carbocycles. The quantitative estimate of drug-likeness (QED) is 0.405. The van der Waals surface area contributed by atoms with Gasteiger partial charge in [0, 0.05) is 17.5 Å². The third-order valence-corrected chi connectivity index (χ3v) is 5.78. The Kier molecular flexibility index (Phi) is 6.88. The number of rotatable bonds is 8. The zero-order valence-corrected chi connectivity index (χ0v) is 18.6. The van der Waals surface area contributed by atoms with Crippen LogP contribution >= 0.6 is 0 Å². The van der Waals surface area contributed by atoms with E-state index in [9.17, 15) is 9.18 Å². The van der Waals surface area contributed by atoms with Gasteiger partial charge in [-0.2, -0.15) is 0 Å². The first-order valence-electron chi connectivity index (χ1n) is 11.3. The number of fused-ring (bicyclic) bond motifs is 1. The van der Waals surface area contributed by atoms with E-state index in [-0.39, 0.29) is 29.3 Å². The van der Waals surface area contributed by atoms with Gasteiger partial charge >= 0.3 is 0 Å². The van der Waals surface area contributed by atoms with Gasteiger partial charge in [0.15, 0.2) is 11.6 Å². The molecule has 2 heterocycles. The van der Waals surface area contributed by atoms with E-state index in [0.29, 0.717) is 18.0 Å². The molecule has 2 atom stereocenters. The number of primary amides is 1. The Balaban J connectivity index is 1.64. The number of nitrogens with zero attached hydrogens (tertiary/aromatic N) is 2. The Labute approximate surface area is 191 Å². The predicted molar refractivity (Wildman–Crippen MR) is 127 cm³/mol. The zero-order chi connectivity index (χ0) is 23.4. The van der Waals surface area contributed by atoms with Gasteiger partial charge in [-0.25, -0.2) is 9.37 Å². The molecule has 0 spiro atoms. The molecule has 3 aromatic rings. The summed E-state index contributed by atoms with van der Waals surface area (Å²) in [5, 5.41) is 7.03. The topological polar surface area (TPSA) is 128 Å². The van der Waals surface area contributed by atoms with E-state index in [0.717, 1.165) is 49.1 Å². The van der Waals surface area contributed by atoms with E-state index in [1.807, 2.05) is 31.2 Å². The molecule has 33 heavy (non-hydrogen) atoms. The van der Waals surface area contributed by atoms with Crippen LogP contribution in [0.25, 0.3) is 10.9 Å². The molecule has 1 amide bonds. The maximum absolute atomic E-state index is 14.7. The van der Waals surface area contributed by atoms with Crippen molar-refractivity contribution in [1.29, 1.82) is 0 Å². The molecule has 174 valence electrons. The van der Waals surface area contributed by atoms with Crippen molar-refractivity contribution in [3.05, 3.63) is 47.9 Å². The number of nitrogens with two attached hydrogens (primary N) is 2. The third kappa shape index (κ3) is 5.14. The second-order valence-electron chi connectivity index (χ2n) is 8.30. The maximum atomic E-state index is 14.7. The molecule has 8 nitrogen and oxygen atoms in total. The number of nitrogens with one attached hydrogen (secondary N) is 2. The van der Waals surface area contributed by atoms with Gasteiger partial charge in [0.1, 0.15) is 17.1 Å². The van der Waals surface area contributed by atoms with Crippen molar-refractivity contribution >= 4 is 34.1 Å². The van der Waals surface area contributed by atoms with E-state index < -0.39 is 11.7 Å². The van der Waals surface area contributed by atoms with Gasteiger partial charge in [0.25, 0.3) is 5.91 Å². The van der Waals surface area contributed by atoms with Crippen LogP contribution in [0.5, 0.6) is 5.75 Å². The van der Waals surface area contributed by atoms with Gasteiger partial charge in [-0.15, -0.1) is 0 Å². The Morgan fingerprint density at radius 3 is 2.82 bits per heavy atom. The lowest BCUT2D eigenvalue weighted by atomic mass is 9.91. The van der Waals surface area contributed by atoms with Crippen molar-refractivity contribution in [3.8, 4) is 5.75 Å². The minimum absolute atomic E-state index is 0.0360. The van der Waals surface area contributed by atoms with Crippen LogP contribution in [0.3, 0.4) is 0 Å². The lowest BCUT2D eigenvalue weighted by molar-refractivity contribution is 0.100. The standard InChI is InChI=1S/C24H29FN6O2/c1-2-10-33-20-9-5-6-14-11-15(13-28-21(14)20)29-23-16(22(27)32)12-17(25)24(31-23)30-19-8-4-3-7-18(19)26/h5-6,9,11-13,18-19H,2-4,7-8,10,26H2,1H3,(H2,27,32)(H2,29,30,31)/t18-,19+/m0/s1. The zero-order valence-electron chi connectivity index (χ0n) is 18.6. The summed E-state index contributed by atoms with van der Waals surface area (Å²) in [5.74, 6) is -0.548. The summed E-state index contributed by atoms with van der Waals surface area (Å²) in [4.78, 5) is 20.8. The van der Waals surface area contributed by atoms with Crippen LogP contribution in [0.1, 0.15) is 49.4 Å². The lowest BCUT2D eigenvalue weighted by Crippen LogP contribution is -2.43. The fraction of sp³-hybridized carbons (Fsp3) is 0.375. The molecule has 0 aliphatic heterocycles. The number of benzene rings is 1. The summed E-state index contributed by atoms with van der Waals surface area (Å²) >= 11 is 0. The number of carbonyl (C=O) groups excluding carboxylic acids is 1. The normalized spacial score (nSPS) is 18.2. The minimum atomic E-state index is -0.784. The molecular formula is C24H29FN6O2. The number of hydrogen-bond donors (Lipinski definition) is 4. The highest BCUT2D eigenvalue weighted by Gasteiger charge is 2.24. The minimum Gasteiger partial charge on any atom is -0.491 e. The molecule has 9 heteroatoms. The molecule has 6 N–H and O–H groups in total. The fourth-order valence-electron chi connectivity index (χ4n) is 4.05. The fourth-order valence-corrected chi connectivity index (χ4v) is 4.05. The van der Waals surface area contributed by atoms with Crippen molar-refractivity contribution in [1.82, 2.24) is 9.97 Å². The third-order valence-electron chi connectivity index (χ3n) is 5.78. The summed E-state index contributed by atoms with van der Waals surface area (Å²) in [6.07, 6.45) is 6.29. The number of carbonyl (C=O) groups is 1. The molecule has 1 fully saturated rings. The number of ether oxygens (including phenoxy) is 1. The van der Waals surface area contributed by atoms with Gasteiger partial charge in [0.05, 0.1) is 24.1 Å². The average Bonchev–Trinajstić information content (AvgIpc) is 2.80. The molecule has 0 saturated heterocycles. The lowest BCUT2D eigenvalue weighted by Gasteiger charge is -2.30. The van der Waals surface area contributed by atoms with Gasteiger partial charge in [-0.1, -0.05) is 31.9 Å². The van der Waals surface area contributed by atoms with Gasteiger partial charge in [-0.3, -0.25) is 9.78 Å². The van der Waals surface area contributed by atoms with Crippen molar-refractivity contribution in [2.75, 3.05) is 17.2 Å². The van der Waals surface area contributed by atoms with Crippen LogP contribution in [0.2, 0.25) is 0 Å². The number of amides is 1. The van der Waals surface area contributed by atoms with Crippen LogP contribution in [-0.2, 0) is 0 Å². The van der Waals surface area contributed by atoms with E-state index in [1.165, 1.54) is 0 Å². The van der Waals surface area contributed by atoms with Crippen LogP contribution < -0.4 is 26.8 Å². The smallest absolute Gasteiger partial charge is 0.252 e. The van der Waals surface area contributed by atoms with Crippen LogP contribution in [-0.4, -0.2) is 34.6 Å². The number of hydrogen-bond acceptors (Lipinski definition) is 7. The van der Waals surface area contributed by atoms with Crippen LogP contribution in [0, 0.1) is 5.82 Å². The number of aromatic nitrogens is 2. The molecule has 0 radical (unpaired) electrons. The Morgan fingerprint density at radius 1 is 1.24 bits per heavy atom. The first-order chi connectivity index (χ1) is 16.0. The van der Waals surface area contributed by atoms with E-state index in [4.69, 9.17) is 16.2 Å². The average molecular weight is 453 g/mol. The second-order valence-corrected chi connectivity index (χ2v) is 8.30. The predicted octanol–water partition coefficient (Wildman–Crippen LogP) is 4.08. The monoisotopic (exact) mass is 452 g/mol. The molecule has 2 aromatic heterocycles. The molecule has 0 bridgehead atoms. The SMILES string of the molecule is CCCOc1cccc2cc(Nc3nc(N[C@@H]4CCCC[C@@H]4N)c(F)cc3C(N)=O)cnc12. The Hall–Kier alpha value is -3.46. The van der Waals surface area contributed by atoms with E-state index in [2.05, 4.69) is 20.6 Å². The molecule has 1 aromatic carbocycles. The second kappa shape index (κ2) is 9.99. The van der Waals surface area contributed by atoms with Crippen molar-refractivity contribution < 1.29 is 13.9 Å². The summed E-state index contributed by atoms with van der Waals surface area (Å²) in [5.41, 5.74) is 12.9. The number of pyridine rings is 2. The molecule has 1 aliphatic rings. The molecule has 1 aliphatic carbocycles. The largest absolute Gasteiger partial charge is 0.491 e. The summed E-state index contributed by atoms with van der Waals surface area (Å²) in [6, 6.07) is 8.47. The maximum Gasteiger partial charge on any atom is 0.252 e. The van der Waals surface area contributed by atoms with Crippen LogP contribution in [0.4, 0.5) is 21.7 Å². The highest BCUT2D eigenvalue weighted by Crippen LogP contribution is 2.29. The van der Waals surface area contributed by atoms with Crippen molar-refractivity contribution in [2.24, 2.45) is 11.5 Å². The first-order valence-corrected chi connectivity index (χ1v) is 11.3. The Morgan fingerprint density at radius 2 is 2.06 bits per heavy atom. The van der Waals surface area contributed by atoms with Crippen LogP contribution in [0.15, 0.2) is 36.5 Å². The highest BCUT2D eigenvalue weighted by molar-refractivity contribution is 5.99. The first kappa shape index (κ1) is 22.7.